The van der Waals surface area contributed by atoms with Crippen LogP contribution in [0.3, 0.4) is 0 Å². The van der Waals surface area contributed by atoms with Gasteiger partial charge >= 0.3 is 5.97 Å². The summed E-state index contributed by atoms with van der Waals surface area (Å²) in [5, 5.41) is 18.1. The molecule has 0 aromatic carbocycles. The van der Waals surface area contributed by atoms with Crippen molar-refractivity contribution in [2.45, 2.75) is 32.7 Å². The van der Waals surface area contributed by atoms with Gasteiger partial charge in [-0.1, -0.05) is 13.8 Å². The molecule has 0 aromatic rings. The average Bonchev–Trinajstić information content (AvgIpc) is 2.55. The van der Waals surface area contributed by atoms with Crippen molar-refractivity contribution in [1.29, 1.82) is 0 Å². The molecular weight excluding hydrogens is 210 g/mol. The maximum Gasteiger partial charge on any atom is 0.326 e. The molecule has 5 nitrogen and oxygen atoms in total. The van der Waals surface area contributed by atoms with Crippen LogP contribution in [0.4, 0.5) is 0 Å². The number of likely N-dealkylation sites (tertiary alicyclic amines) is 1. The standard InChI is InChI=1S/C11H19NO4/c1-7(2)3-9(11(15)16)12-5-8(6-13)4-10(12)14/h7-9,13H,3-6H2,1-2H3,(H,15,16)/t8?,9-/m0/s1. The Morgan fingerprint density at radius 2 is 2.19 bits per heavy atom. The van der Waals surface area contributed by atoms with Crippen molar-refractivity contribution < 1.29 is 19.8 Å². The van der Waals surface area contributed by atoms with Crippen LogP contribution in [0, 0.1) is 11.8 Å². The molecule has 5 heteroatoms. The molecule has 0 aliphatic carbocycles. The Balaban J connectivity index is 2.71. The predicted molar refractivity (Wildman–Crippen MR) is 57.8 cm³/mol. The molecule has 1 fully saturated rings. The first-order valence-electron chi connectivity index (χ1n) is 5.58. The van der Waals surface area contributed by atoms with Crippen LogP contribution in [0.25, 0.3) is 0 Å². The summed E-state index contributed by atoms with van der Waals surface area (Å²) >= 11 is 0. The lowest BCUT2D eigenvalue weighted by atomic mass is 10.0. The minimum Gasteiger partial charge on any atom is -0.480 e. The first kappa shape index (κ1) is 13.0. The quantitative estimate of drug-likeness (QED) is 0.712. The smallest absolute Gasteiger partial charge is 0.326 e. The molecule has 1 rings (SSSR count). The second kappa shape index (κ2) is 5.30. The van der Waals surface area contributed by atoms with Crippen molar-refractivity contribution in [3.8, 4) is 0 Å². The van der Waals surface area contributed by atoms with E-state index >= 15 is 0 Å². The summed E-state index contributed by atoms with van der Waals surface area (Å²) in [6.07, 6.45) is 0.720. The molecule has 1 saturated heterocycles. The maximum atomic E-state index is 11.6. The minimum atomic E-state index is -0.958. The fourth-order valence-electron chi connectivity index (χ4n) is 2.04. The zero-order chi connectivity index (χ0) is 12.3. The number of hydrogen-bond acceptors (Lipinski definition) is 3. The zero-order valence-corrected chi connectivity index (χ0v) is 9.72. The van der Waals surface area contributed by atoms with Gasteiger partial charge in [0.25, 0.3) is 0 Å². The number of rotatable bonds is 5. The summed E-state index contributed by atoms with van der Waals surface area (Å²) in [4.78, 5) is 24.1. The summed E-state index contributed by atoms with van der Waals surface area (Å²) in [7, 11) is 0. The van der Waals surface area contributed by atoms with Crippen LogP contribution in [0.5, 0.6) is 0 Å². The van der Waals surface area contributed by atoms with Gasteiger partial charge in [-0.3, -0.25) is 4.79 Å². The average molecular weight is 229 g/mol. The minimum absolute atomic E-state index is 0.0593. The van der Waals surface area contributed by atoms with E-state index in [-0.39, 0.29) is 30.8 Å². The number of carboxylic acid groups (broad SMARTS) is 1. The fourth-order valence-corrected chi connectivity index (χ4v) is 2.04. The number of aliphatic hydroxyl groups excluding tert-OH is 1. The Morgan fingerprint density at radius 1 is 1.56 bits per heavy atom. The third-order valence-corrected chi connectivity index (χ3v) is 2.85. The SMILES string of the molecule is CC(C)C[C@@H](C(=O)O)N1CC(CO)CC1=O. The molecule has 0 bridgehead atoms. The van der Waals surface area contributed by atoms with Gasteiger partial charge in [-0.2, -0.15) is 0 Å². The van der Waals surface area contributed by atoms with Gasteiger partial charge in [0.05, 0.1) is 0 Å². The van der Waals surface area contributed by atoms with Gasteiger partial charge in [-0.05, 0) is 12.3 Å². The largest absolute Gasteiger partial charge is 0.480 e. The number of carbonyl (C=O) groups excluding carboxylic acids is 1. The molecule has 1 aliphatic heterocycles. The fraction of sp³-hybridized carbons (Fsp3) is 0.818. The van der Waals surface area contributed by atoms with E-state index in [1.54, 1.807) is 0 Å². The van der Waals surface area contributed by atoms with Crippen molar-refractivity contribution in [3.05, 3.63) is 0 Å². The molecule has 92 valence electrons. The van der Waals surface area contributed by atoms with Crippen molar-refractivity contribution >= 4 is 11.9 Å². The van der Waals surface area contributed by atoms with Crippen molar-refractivity contribution in [1.82, 2.24) is 4.90 Å². The highest BCUT2D eigenvalue weighted by Gasteiger charge is 2.37. The molecular formula is C11H19NO4. The summed E-state index contributed by atoms with van der Waals surface area (Å²) in [6.45, 7) is 4.16. The van der Waals surface area contributed by atoms with E-state index in [1.165, 1.54) is 4.90 Å². The summed E-state index contributed by atoms with van der Waals surface area (Å²) < 4.78 is 0. The normalized spacial score (nSPS) is 22.9. The van der Waals surface area contributed by atoms with E-state index in [0.717, 1.165) is 0 Å². The van der Waals surface area contributed by atoms with E-state index < -0.39 is 12.0 Å². The number of aliphatic carboxylic acids is 1. The Bertz CT molecular complexity index is 277. The molecule has 1 unspecified atom stereocenters. The Morgan fingerprint density at radius 3 is 2.56 bits per heavy atom. The molecule has 1 heterocycles. The lowest BCUT2D eigenvalue weighted by molar-refractivity contribution is -0.149. The van der Waals surface area contributed by atoms with Gasteiger partial charge < -0.3 is 15.1 Å². The highest BCUT2D eigenvalue weighted by molar-refractivity contribution is 5.85. The van der Waals surface area contributed by atoms with E-state index in [4.69, 9.17) is 10.2 Å². The topological polar surface area (TPSA) is 77.8 Å². The van der Waals surface area contributed by atoms with Crippen LogP contribution in [-0.4, -0.2) is 46.2 Å². The van der Waals surface area contributed by atoms with Crippen molar-refractivity contribution in [2.24, 2.45) is 11.8 Å². The van der Waals surface area contributed by atoms with Gasteiger partial charge in [-0.25, -0.2) is 4.79 Å². The molecule has 2 atom stereocenters. The number of hydrogen-bond donors (Lipinski definition) is 2. The Kier molecular flexibility index (Phi) is 4.29. The predicted octanol–water partition coefficient (Wildman–Crippen LogP) is 0.326. The van der Waals surface area contributed by atoms with Crippen LogP contribution >= 0.6 is 0 Å². The first-order valence-corrected chi connectivity index (χ1v) is 5.58. The van der Waals surface area contributed by atoms with E-state index in [1.807, 2.05) is 13.8 Å². The van der Waals surface area contributed by atoms with E-state index in [2.05, 4.69) is 0 Å². The highest BCUT2D eigenvalue weighted by atomic mass is 16.4. The summed E-state index contributed by atoms with van der Waals surface area (Å²) in [5.41, 5.74) is 0. The monoisotopic (exact) mass is 229 g/mol. The van der Waals surface area contributed by atoms with Gasteiger partial charge in [0, 0.05) is 25.5 Å². The van der Waals surface area contributed by atoms with Crippen LogP contribution < -0.4 is 0 Å². The maximum absolute atomic E-state index is 11.6. The number of amides is 1. The van der Waals surface area contributed by atoms with Gasteiger partial charge in [0.15, 0.2) is 0 Å². The molecule has 0 aromatic heterocycles. The molecule has 0 radical (unpaired) electrons. The number of nitrogens with zero attached hydrogens (tertiary/aromatic N) is 1. The molecule has 1 amide bonds. The zero-order valence-electron chi connectivity index (χ0n) is 9.72. The Labute approximate surface area is 95.1 Å². The molecule has 2 N–H and O–H groups in total. The second-order valence-electron chi connectivity index (χ2n) is 4.78. The van der Waals surface area contributed by atoms with Crippen molar-refractivity contribution in [3.63, 3.8) is 0 Å². The van der Waals surface area contributed by atoms with Gasteiger partial charge in [0.1, 0.15) is 6.04 Å². The van der Waals surface area contributed by atoms with Gasteiger partial charge in [-0.15, -0.1) is 0 Å². The lowest BCUT2D eigenvalue weighted by Gasteiger charge is -2.25. The van der Waals surface area contributed by atoms with E-state index in [9.17, 15) is 9.59 Å². The summed E-state index contributed by atoms with van der Waals surface area (Å²) in [6, 6.07) is -0.746. The van der Waals surface area contributed by atoms with Crippen molar-refractivity contribution in [2.75, 3.05) is 13.2 Å². The number of carbonyl (C=O) groups is 2. The number of carboxylic acids is 1. The van der Waals surface area contributed by atoms with Crippen LogP contribution in [0.2, 0.25) is 0 Å². The lowest BCUT2D eigenvalue weighted by Crippen LogP contribution is -2.43. The van der Waals surface area contributed by atoms with Gasteiger partial charge in [0.2, 0.25) is 5.91 Å². The first-order chi connectivity index (χ1) is 7.45. The van der Waals surface area contributed by atoms with Crippen LogP contribution in [0.15, 0.2) is 0 Å². The van der Waals surface area contributed by atoms with Crippen LogP contribution in [0.1, 0.15) is 26.7 Å². The summed E-state index contributed by atoms with van der Waals surface area (Å²) in [5.74, 6) is -1.00. The third kappa shape index (κ3) is 2.95. The highest BCUT2D eigenvalue weighted by Crippen LogP contribution is 2.23. The van der Waals surface area contributed by atoms with E-state index in [0.29, 0.717) is 13.0 Å². The molecule has 1 aliphatic rings. The molecule has 0 saturated carbocycles. The molecule has 16 heavy (non-hydrogen) atoms. The molecule has 0 spiro atoms. The third-order valence-electron chi connectivity index (χ3n) is 2.85. The number of aliphatic hydroxyl groups is 1. The Hall–Kier alpha value is -1.10. The van der Waals surface area contributed by atoms with Crippen LogP contribution in [-0.2, 0) is 9.59 Å². The second-order valence-corrected chi connectivity index (χ2v) is 4.78.